The summed E-state index contributed by atoms with van der Waals surface area (Å²) in [6.45, 7) is 1.90. The molecule has 0 saturated carbocycles. The van der Waals surface area contributed by atoms with Gasteiger partial charge in [-0.2, -0.15) is 4.31 Å². The zero-order valence-electron chi connectivity index (χ0n) is 16.2. The molecule has 0 radical (unpaired) electrons. The van der Waals surface area contributed by atoms with Gasteiger partial charge in [0.2, 0.25) is 15.9 Å². The van der Waals surface area contributed by atoms with E-state index in [-0.39, 0.29) is 35.5 Å². The van der Waals surface area contributed by atoms with Gasteiger partial charge < -0.3 is 0 Å². The molecule has 30 heavy (non-hydrogen) atoms. The van der Waals surface area contributed by atoms with Gasteiger partial charge in [0.1, 0.15) is 0 Å². The first kappa shape index (κ1) is 22.0. The Hall–Kier alpha value is -2.69. The van der Waals surface area contributed by atoms with E-state index >= 15 is 0 Å². The number of halogens is 1. The predicted octanol–water partition coefficient (Wildman–Crippen LogP) is 3.10. The van der Waals surface area contributed by atoms with Crippen molar-refractivity contribution in [3.63, 3.8) is 0 Å². The lowest BCUT2D eigenvalue weighted by Gasteiger charge is -2.31. The number of piperidine rings is 1. The number of benzene rings is 2. The number of anilines is 1. The molecule has 0 unspecified atom stereocenters. The van der Waals surface area contributed by atoms with Crippen molar-refractivity contribution in [1.82, 2.24) is 9.73 Å². The van der Waals surface area contributed by atoms with Gasteiger partial charge in [-0.3, -0.25) is 25.8 Å². The number of nitro benzene ring substituents is 1. The number of nitro groups is 1. The smallest absolute Gasteiger partial charge is 0.270 e. The highest BCUT2D eigenvalue weighted by Gasteiger charge is 2.33. The highest BCUT2D eigenvalue weighted by Crippen LogP contribution is 2.28. The molecule has 1 heterocycles. The van der Waals surface area contributed by atoms with E-state index in [4.69, 9.17) is 11.6 Å². The lowest BCUT2D eigenvalue weighted by molar-refractivity contribution is -0.385. The number of non-ortho nitro benzene ring substituents is 1. The van der Waals surface area contributed by atoms with E-state index in [0.29, 0.717) is 29.1 Å². The Bertz CT molecular complexity index is 1070. The van der Waals surface area contributed by atoms with Crippen LogP contribution in [0.4, 0.5) is 11.4 Å². The second-order valence-corrected chi connectivity index (χ2v) is 9.35. The fourth-order valence-corrected chi connectivity index (χ4v) is 5.18. The molecule has 1 amide bonds. The number of carbonyl (C=O) groups is 1. The number of rotatable bonds is 6. The molecule has 1 saturated heterocycles. The van der Waals surface area contributed by atoms with E-state index < -0.39 is 14.9 Å². The van der Waals surface area contributed by atoms with Gasteiger partial charge in [-0.15, -0.1) is 0 Å². The molecule has 0 spiro atoms. The number of nitrogens with one attached hydrogen (secondary N) is 2. The largest absolute Gasteiger partial charge is 0.299 e. The third-order valence-corrected chi connectivity index (χ3v) is 7.26. The average molecular weight is 453 g/mol. The van der Waals surface area contributed by atoms with Gasteiger partial charge in [-0.05, 0) is 43.5 Å². The molecule has 9 nitrogen and oxygen atoms in total. The Balaban J connectivity index is 1.62. The number of aryl methyl sites for hydroxylation is 1. The number of nitrogens with zero attached hydrogens (tertiary/aromatic N) is 2. The van der Waals surface area contributed by atoms with E-state index in [2.05, 4.69) is 10.9 Å². The maximum atomic E-state index is 13.0. The normalized spacial score (nSPS) is 15.5. The molecular formula is C19H21ClN4O5S. The molecule has 0 bridgehead atoms. The summed E-state index contributed by atoms with van der Waals surface area (Å²) in [5, 5.41) is 11.5. The standard InChI is InChI=1S/C19H21ClN4O5S/c1-13-5-6-17(24(26)27)12-18(13)30(28,29)23-9-7-14(8-10-23)19(25)22-21-16-4-2-3-15(20)11-16/h2-6,11-12,14,21H,7-10H2,1H3,(H,22,25). The van der Waals surface area contributed by atoms with E-state index in [9.17, 15) is 23.3 Å². The third kappa shape index (κ3) is 4.89. The maximum absolute atomic E-state index is 13.0. The van der Waals surface area contributed by atoms with Crippen LogP contribution in [0.2, 0.25) is 5.02 Å². The first-order valence-electron chi connectivity index (χ1n) is 9.25. The monoisotopic (exact) mass is 452 g/mol. The van der Waals surface area contributed by atoms with Gasteiger partial charge in [0.05, 0.1) is 15.5 Å². The second kappa shape index (κ2) is 8.99. The quantitative estimate of drug-likeness (QED) is 0.513. The van der Waals surface area contributed by atoms with Crippen LogP contribution in [0.15, 0.2) is 47.4 Å². The summed E-state index contributed by atoms with van der Waals surface area (Å²) in [6, 6.07) is 10.7. The minimum atomic E-state index is -3.89. The van der Waals surface area contributed by atoms with Gasteiger partial charge in [-0.25, -0.2) is 8.42 Å². The van der Waals surface area contributed by atoms with Crippen LogP contribution in [0.3, 0.4) is 0 Å². The lowest BCUT2D eigenvalue weighted by Crippen LogP contribution is -2.44. The van der Waals surface area contributed by atoms with Gasteiger partial charge in [0, 0.05) is 36.2 Å². The van der Waals surface area contributed by atoms with Crippen molar-refractivity contribution in [2.75, 3.05) is 18.5 Å². The summed E-state index contributed by atoms with van der Waals surface area (Å²) >= 11 is 5.90. The Labute approximate surface area is 179 Å². The van der Waals surface area contributed by atoms with Crippen LogP contribution in [0.5, 0.6) is 0 Å². The molecule has 2 N–H and O–H groups in total. The molecule has 3 rings (SSSR count). The van der Waals surface area contributed by atoms with E-state index in [1.165, 1.54) is 16.4 Å². The minimum absolute atomic E-state index is 0.0813. The van der Waals surface area contributed by atoms with E-state index in [1.54, 1.807) is 31.2 Å². The second-order valence-electron chi connectivity index (χ2n) is 7.01. The number of hydrazine groups is 1. The fraction of sp³-hybridized carbons (Fsp3) is 0.316. The van der Waals surface area contributed by atoms with E-state index in [1.807, 2.05) is 0 Å². The van der Waals surface area contributed by atoms with Gasteiger partial charge in [0.25, 0.3) is 5.69 Å². The summed E-state index contributed by atoms with van der Waals surface area (Å²) < 4.78 is 27.2. The average Bonchev–Trinajstić information content (AvgIpc) is 2.72. The molecule has 2 aromatic rings. The van der Waals surface area contributed by atoms with Gasteiger partial charge in [0.15, 0.2) is 0 Å². The fourth-order valence-electron chi connectivity index (χ4n) is 3.28. The molecule has 0 atom stereocenters. The summed E-state index contributed by atoms with van der Waals surface area (Å²) in [5.41, 5.74) is 6.21. The molecule has 1 aliphatic heterocycles. The highest BCUT2D eigenvalue weighted by atomic mass is 35.5. The molecule has 11 heteroatoms. The topological polar surface area (TPSA) is 122 Å². The number of amides is 1. The summed E-state index contributed by atoms with van der Waals surface area (Å²) in [4.78, 5) is 22.7. The Morgan fingerprint density at radius 3 is 2.53 bits per heavy atom. The first-order valence-corrected chi connectivity index (χ1v) is 11.1. The number of carbonyl (C=O) groups excluding carboxylic acids is 1. The number of sulfonamides is 1. The van der Waals surface area contributed by atoms with Gasteiger partial charge in [-0.1, -0.05) is 23.7 Å². The zero-order valence-corrected chi connectivity index (χ0v) is 17.7. The molecule has 2 aromatic carbocycles. The summed E-state index contributed by atoms with van der Waals surface area (Å²) in [6.07, 6.45) is 0.687. The Morgan fingerprint density at radius 2 is 1.90 bits per heavy atom. The molecule has 160 valence electrons. The van der Waals surface area contributed by atoms with Crippen LogP contribution in [0.1, 0.15) is 18.4 Å². The van der Waals surface area contributed by atoms with Crippen molar-refractivity contribution in [1.29, 1.82) is 0 Å². The number of hydrogen-bond acceptors (Lipinski definition) is 6. The van der Waals surface area contributed by atoms with Gasteiger partial charge >= 0.3 is 0 Å². The molecule has 0 aliphatic carbocycles. The van der Waals surface area contributed by atoms with Crippen LogP contribution in [-0.2, 0) is 14.8 Å². The Kier molecular flexibility index (Phi) is 6.59. The van der Waals surface area contributed by atoms with Crippen molar-refractivity contribution in [2.24, 2.45) is 5.92 Å². The molecular weight excluding hydrogens is 432 g/mol. The molecule has 1 fully saturated rings. The third-order valence-electron chi connectivity index (χ3n) is 4.98. The van der Waals surface area contributed by atoms with Crippen LogP contribution in [0.25, 0.3) is 0 Å². The van der Waals surface area contributed by atoms with E-state index in [0.717, 1.165) is 6.07 Å². The van der Waals surface area contributed by atoms with Crippen molar-refractivity contribution in [2.45, 2.75) is 24.7 Å². The van der Waals surface area contributed by atoms with Crippen LogP contribution < -0.4 is 10.9 Å². The van der Waals surface area contributed by atoms with Crippen molar-refractivity contribution < 1.29 is 18.1 Å². The predicted molar refractivity (Wildman–Crippen MR) is 113 cm³/mol. The summed E-state index contributed by atoms with van der Waals surface area (Å²) in [5.74, 6) is -0.590. The zero-order chi connectivity index (χ0) is 21.9. The SMILES string of the molecule is Cc1ccc([N+](=O)[O-])cc1S(=O)(=O)N1CCC(C(=O)NNc2cccc(Cl)c2)CC1. The van der Waals surface area contributed by atoms with Crippen LogP contribution in [-0.4, -0.2) is 36.6 Å². The first-order chi connectivity index (χ1) is 14.2. The molecule has 1 aliphatic rings. The minimum Gasteiger partial charge on any atom is -0.299 e. The lowest BCUT2D eigenvalue weighted by atomic mass is 9.98. The van der Waals surface area contributed by atoms with Crippen LogP contribution in [0, 0.1) is 23.0 Å². The maximum Gasteiger partial charge on any atom is 0.270 e. The van der Waals surface area contributed by atoms with Crippen LogP contribution >= 0.6 is 11.6 Å². The summed E-state index contributed by atoms with van der Waals surface area (Å²) in [7, 11) is -3.89. The molecule has 0 aromatic heterocycles. The van der Waals surface area contributed by atoms with Crippen molar-refractivity contribution in [3.8, 4) is 0 Å². The van der Waals surface area contributed by atoms with Crippen molar-refractivity contribution in [3.05, 3.63) is 63.2 Å². The highest BCUT2D eigenvalue weighted by molar-refractivity contribution is 7.89. The Morgan fingerprint density at radius 1 is 1.20 bits per heavy atom. The van der Waals surface area contributed by atoms with Crippen molar-refractivity contribution >= 4 is 38.9 Å². The number of hydrogen-bond donors (Lipinski definition) is 2.